The molecule has 2 aromatic rings. The zero-order chi connectivity index (χ0) is 20.2. The zero-order valence-corrected chi connectivity index (χ0v) is 16.8. The minimum absolute atomic E-state index is 0.0104. The molecule has 2 amide bonds. The van der Waals surface area contributed by atoms with Crippen molar-refractivity contribution in [2.45, 2.75) is 39.0 Å². The third kappa shape index (κ3) is 6.82. The van der Waals surface area contributed by atoms with E-state index in [0.717, 1.165) is 37.1 Å². The maximum atomic E-state index is 13.1. The van der Waals surface area contributed by atoms with Crippen LogP contribution in [0.5, 0.6) is 0 Å². The van der Waals surface area contributed by atoms with Gasteiger partial charge in [0.15, 0.2) is 0 Å². The highest BCUT2D eigenvalue weighted by atomic mass is 16.2. The summed E-state index contributed by atoms with van der Waals surface area (Å²) in [5, 5.41) is 2.96. The number of unbranched alkanes of at least 4 members (excludes halogenated alkanes) is 2. The van der Waals surface area contributed by atoms with Gasteiger partial charge in [0.25, 0.3) is 5.91 Å². The first-order valence-corrected chi connectivity index (χ1v) is 10.1. The second-order valence-corrected chi connectivity index (χ2v) is 6.97. The summed E-state index contributed by atoms with van der Waals surface area (Å²) >= 11 is 0. The summed E-state index contributed by atoms with van der Waals surface area (Å²) in [4.78, 5) is 26.8. The Morgan fingerprint density at radius 1 is 0.929 bits per heavy atom. The van der Waals surface area contributed by atoms with Crippen molar-refractivity contribution < 1.29 is 15.3 Å². The number of aryl methyl sites for hydroxylation is 1. The van der Waals surface area contributed by atoms with Gasteiger partial charge in [-0.1, -0.05) is 36.4 Å². The number of nitrogens with zero attached hydrogens (tertiary/aromatic N) is 1. The Kier molecular flexibility index (Phi) is 9.22. The van der Waals surface area contributed by atoms with Gasteiger partial charge in [-0.2, -0.15) is 0 Å². The summed E-state index contributed by atoms with van der Waals surface area (Å²) in [6.45, 7) is 3.99. The van der Waals surface area contributed by atoms with Crippen molar-refractivity contribution in [1.82, 2.24) is 5.32 Å². The number of quaternary nitrogens is 1. The molecule has 0 radical (unpaired) electrons. The molecule has 0 aliphatic carbocycles. The molecule has 2 rings (SSSR count). The monoisotopic (exact) mass is 382 g/mol. The van der Waals surface area contributed by atoms with Crippen LogP contribution in [0.3, 0.4) is 0 Å². The van der Waals surface area contributed by atoms with Crippen molar-refractivity contribution in [2.75, 3.05) is 24.5 Å². The number of amides is 2. The third-order valence-electron chi connectivity index (χ3n) is 4.72. The highest BCUT2D eigenvalue weighted by Gasteiger charge is 2.18. The number of nitrogens with one attached hydrogen (secondary N) is 1. The number of hydrogen-bond donors (Lipinski definition) is 2. The maximum Gasteiger partial charge on any atom is 0.258 e. The van der Waals surface area contributed by atoms with Gasteiger partial charge in [0.2, 0.25) is 5.91 Å². The van der Waals surface area contributed by atoms with E-state index in [-0.39, 0.29) is 11.8 Å². The minimum Gasteiger partial charge on any atom is -0.358 e. The van der Waals surface area contributed by atoms with E-state index in [2.05, 4.69) is 11.1 Å². The molecular weight excluding hydrogens is 350 g/mol. The fraction of sp³-hybridized carbons (Fsp3) is 0.391. The largest absolute Gasteiger partial charge is 0.358 e. The third-order valence-corrected chi connectivity index (χ3v) is 4.72. The van der Waals surface area contributed by atoms with Crippen LogP contribution in [-0.4, -0.2) is 31.4 Å². The molecule has 0 bridgehead atoms. The molecule has 5 heteroatoms. The number of para-hydroxylation sites is 1. The molecule has 0 atom stereocenters. The van der Waals surface area contributed by atoms with Crippen molar-refractivity contribution >= 4 is 17.5 Å². The van der Waals surface area contributed by atoms with Gasteiger partial charge >= 0.3 is 0 Å². The van der Waals surface area contributed by atoms with Gasteiger partial charge in [0.1, 0.15) is 0 Å². The van der Waals surface area contributed by atoms with Crippen LogP contribution in [0.25, 0.3) is 0 Å². The van der Waals surface area contributed by atoms with E-state index < -0.39 is 0 Å². The van der Waals surface area contributed by atoms with E-state index in [1.54, 1.807) is 4.90 Å². The standard InChI is InChI=1S/C23H31N3O2/c1-19-11-7-8-14-21(19)23(28)26(20-12-4-2-5-13-20)18-10-17-25-22(27)15-6-3-9-16-24/h2,4-5,7-8,11-14H,3,6,9-10,15-18,24H2,1H3,(H,25,27)/p+1. The molecule has 0 aliphatic rings. The van der Waals surface area contributed by atoms with Crippen LogP contribution in [0.4, 0.5) is 5.69 Å². The molecule has 2 aromatic carbocycles. The van der Waals surface area contributed by atoms with Gasteiger partial charge in [-0.05, 0) is 56.4 Å². The van der Waals surface area contributed by atoms with Crippen molar-refractivity contribution in [3.05, 3.63) is 65.7 Å². The molecule has 4 N–H and O–H groups in total. The van der Waals surface area contributed by atoms with E-state index in [1.807, 2.05) is 61.5 Å². The van der Waals surface area contributed by atoms with Gasteiger partial charge < -0.3 is 16.0 Å². The van der Waals surface area contributed by atoms with E-state index in [0.29, 0.717) is 31.5 Å². The molecule has 0 spiro atoms. The van der Waals surface area contributed by atoms with E-state index in [1.165, 1.54) is 0 Å². The Morgan fingerprint density at radius 3 is 2.36 bits per heavy atom. The van der Waals surface area contributed by atoms with Crippen LogP contribution in [0.1, 0.15) is 48.0 Å². The van der Waals surface area contributed by atoms with E-state index in [4.69, 9.17) is 0 Å². The molecule has 0 aliphatic heterocycles. The molecule has 5 nitrogen and oxygen atoms in total. The Bertz CT molecular complexity index is 747. The molecular formula is C23H32N3O2+. The summed E-state index contributed by atoms with van der Waals surface area (Å²) in [5.41, 5.74) is 6.35. The predicted molar refractivity (Wildman–Crippen MR) is 113 cm³/mol. The first-order valence-electron chi connectivity index (χ1n) is 10.1. The summed E-state index contributed by atoms with van der Waals surface area (Å²) in [6.07, 6.45) is 4.29. The van der Waals surface area contributed by atoms with Gasteiger partial charge in [-0.3, -0.25) is 9.59 Å². The second kappa shape index (κ2) is 11.9. The lowest BCUT2D eigenvalue weighted by molar-refractivity contribution is -0.368. The summed E-state index contributed by atoms with van der Waals surface area (Å²) in [6, 6.07) is 17.3. The molecule has 150 valence electrons. The zero-order valence-electron chi connectivity index (χ0n) is 16.8. The van der Waals surface area contributed by atoms with Crippen molar-refractivity contribution in [2.24, 2.45) is 0 Å². The Hall–Kier alpha value is -2.66. The summed E-state index contributed by atoms with van der Waals surface area (Å²) < 4.78 is 0. The fourth-order valence-electron chi connectivity index (χ4n) is 3.11. The molecule has 0 aromatic heterocycles. The molecule has 0 saturated carbocycles. The molecule has 0 unspecified atom stereocenters. The van der Waals surface area contributed by atoms with Gasteiger partial charge in [0, 0.05) is 30.8 Å². The van der Waals surface area contributed by atoms with Gasteiger partial charge in [-0.15, -0.1) is 0 Å². The van der Waals surface area contributed by atoms with Crippen LogP contribution in [0.2, 0.25) is 0 Å². The minimum atomic E-state index is -0.0104. The van der Waals surface area contributed by atoms with Crippen molar-refractivity contribution in [3.63, 3.8) is 0 Å². The maximum absolute atomic E-state index is 13.1. The van der Waals surface area contributed by atoms with Crippen molar-refractivity contribution in [3.8, 4) is 0 Å². The average molecular weight is 383 g/mol. The quantitative estimate of drug-likeness (QED) is 0.586. The first kappa shape index (κ1) is 21.6. The first-order chi connectivity index (χ1) is 13.6. The Labute approximate surface area is 167 Å². The number of rotatable bonds is 11. The van der Waals surface area contributed by atoms with Crippen LogP contribution in [0, 0.1) is 6.92 Å². The molecule has 0 fully saturated rings. The van der Waals surface area contributed by atoms with E-state index >= 15 is 0 Å². The Balaban J connectivity index is 1.92. The smallest absolute Gasteiger partial charge is 0.258 e. The lowest BCUT2D eigenvalue weighted by Crippen LogP contribution is -2.50. The highest BCUT2D eigenvalue weighted by Crippen LogP contribution is 2.19. The van der Waals surface area contributed by atoms with Crippen molar-refractivity contribution in [1.29, 1.82) is 0 Å². The normalized spacial score (nSPS) is 10.5. The number of carbonyl (C=O) groups is 2. The lowest BCUT2D eigenvalue weighted by atomic mass is 10.1. The van der Waals surface area contributed by atoms with Gasteiger partial charge in [-0.25, -0.2) is 0 Å². The second-order valence-electron chi connectivity index (χ2n) is 6.97. The predicted octanol–water partition coefficient (Wildman–Crippen LogP) is 2.95. The van der Waals surface area contributed by atoms with Crippen LogP contribution >= 0.6 is 0 Å². The molecule has 0 saturated heterocycles. The fourth-order valence-corrected chi connectivity index (χ4v) is 3.11. The SMILES string of the molecule is Cc1ccccc1C(=O)N(CCCNC(=O)CCCCC[NH3+])c1ccccc1. The van der Waals surface area contributed by atoms with Crippen LogP contribution in [-0.2, 0) is 4.79 Å². The molecule has 28 heavy (non-hydrogen) atoms. The topological polar surface area (TPSA) is 77.1 Å². The van der Waals surface area contributed by atoms with E-state index in [9.17, 15) is 9.59 Å². The highest BCUT2D eigenvalue weighted by molar-refractivity contribution is 6.07. The van der Waals surface area contributed by atoms with Crippen LogP contribution < -0.4 is 16.0 Å². The average Bonchev–Trinajstić information content (AvgIpc) is 2.72. The lowest BCUT2D eigenvalue weighted by Gasteiger charge is -2.24. The molecule has 0 heterocycles. The number of benzene rings is 2. The summed E-state index contributed by atoms with van der Waals surface area (Å²) in [7, 11) is 0. The van der Waals surface area contributed by atoms with Gasteiger partial charge in [0.05, 0.1) is 6.54 Å². The van der Waals surface area contributed by atoms with Crippen LogP contribution in [0.15, 0.2) is 54.6 Å². The number of anilines is 1. The Morgan fingerprint density at radius 2 is 1.64 bits per heavy atom. The number of carbonyl (C=O) groups excluding carboxylic acids is 2. The number of hydrogen-bond acceptors (Lipinski definition) is 2. The summed E-state index contributed by atoms with van der Waals surface area (Å²) in [5.74, 6) is 0.0735.